The third-order valence-electron chi connectivity index (χ3n) is 16.8. The van der Waals surface area contributed by atoms with Gasteiger partial charge in [-0.3, -0.25) is 0 Å². The van der Waals surface area contributed by atoms with E-state index in [9.17, 15) is 10.2 Å². The number of rotatable bonds is 9. The Morgan fingerprint density at radius 1 is 0.875 bits per heavy atom. The minimum Gasteiger partial charge on any atom is -0.508 e. The standard InChI is InChI=1S/C43H67NO4/c1-29(27-45)32-16-22-43(28-48-37-9-7-8-26-47-37)24-23-41(5)33(38(32)43)14-15-35-40(4)20-18-36(39(2,3)34(40)17-21-42(35,41)6)44-25-19-30-10-12-31(46)13-11-30/h10-13,32-38,44-46H,1,7-9,14-28H2,2-6H3/t32-,33+,34-,35+,36?,37?,38+,40-,41+,42+,43+/m0/s1. The van der Waals surface area contributed by atoms with Crippen LogP contribution in [0.3, 0.4) is 0 Å². The van der Waals surface area contributed by atoms with Crippen LogP contribution in [0.1, 0.15) is 124 Å². The first kappa shape index (κ1) is 35.0. The summed E-state index contributed by atoms with van der Waals surface area (Å²) < 4.78 is 12.7. The highest BCUT2D eigenvalue weighted by Gasteiger charge is 2.71. The van der Waals surface area contributed by atoms with Gasteiger partial charge in [-0.15, -0.1) is 0 Å². The second-order valence-electron chi connectivity index (χ2n) is 18.9. The van der Waals surface area contributed by atoms with Crippen LogP contribution in [0.25, 0.3) is 0 Å². The first-order valence-corrected chi connectivity index (χ1v) is 19.9. The molecule has 2 unspecified atom stereocenters. The Balaban J connectivity index is 1.10. The predicted octanol–water partition coefficient (Wildman–Crippen LogP) is 9.07. The van der Waals surface area contributed by atoms with Crippen LogP contribution >= 0.6 is 0 Å². The normalized spacial score (nSPS) is 45.0. The topological polar surface area (TPSA) is 71.0 Å². The summed E-state index contributed by atoms with van der Waals surface area (Å²) in [6.45, 7) is 20.6. The molecule has 6 fully saturated rings. The fourth-order valence-corrected chi connectivity index (χ4v) is 14.1. The monoisotopic (exact) mass is 662 g/mol. The van der Waals surface area contributed by atoms with E-state index in [4.69, 9.17) is 9.47 Å². The van der Waals surface area contributed by atoms with E-state index in [1.807, 2.05) is 12.1 Å². The van der Waals surface area contributed by atoms with Crippen LogP contribution in [0.2, 0.25) is 0 Å². The highest BCUT2D eigenvalue weighted by molar-refractivity contribution is 5.26. The van der Waals surface area contributed by atoms with Crippen molar-refractivity contribution in [2.45, 2.75) is 137 Å². The van der Waals surface area contributed by atoms with Gasteiger partial charge in [0.05, 0.1) is 13.2 Å². The van der Waals surface area contributed by atoms with Crippen LogP contribution in [0.15, 0.2) is 36.4 Å². The van der Waals surface area contributed by atoms with Gasteiger partial charge in [-0.05, 0) is 176 Å². The Bertz CT molecular complexity index is 1300. The molecule has 11 atom stereocenters. The van der Waals surface area contributed by atoms with E-state index in [0.29, 0.717) is 45.8 Å². The van der Waals surface area contributed by atoms with Gasteiger partial charge >= 0.3 is 0 Å². The van der Waals surface area contributed by atoms with Gasteiger partial charge in [-0.1, -0.05) is 53.3 Å². The lowest BCUT2D eigenvalue weighted by Gasteiger charge is -2.73. The Kier molecular flexibility index (Phi) is 9.47. The quantitative estimate of drug-likeness (QED) is 0.230. The van der Waals surface area contributed by atoms with E-state index >= 15 is 0 Å². The number of aliphatic hydroxyl groups excluding tert-OH is 1. The number of hydrogen-bond acceptors (Lipinski definition) is 5. The zero-order chi connectivity index (χ0) is 34.0. The largest absolute Gasteiger partial charge is 0.508 e. The first-order valence-electron chi connectivity index (χ1n) is 19.9. The van der Waals surface area contributed by atoms with Gasteiger partial charge in [0.25, 0.3) is 0 Å². The fourth-order valence-electron chi connectivity index (χ4n) is 14.1. The Hall–Kier alpha value is -1.40. The van der Waals surface area contributed by atoms with Gasteiger partial charge in [0.1, 0.15) is 5.75 Å². The summed E-state index contributed by atoms with van der Waals surface area (Å²) in [7, 11) is 0. The van der Waals surface area contributed by atoms with Crippen molar-refractivity contribution in [3.8, 4) is 5.75 Å². The van der Waals surface area contributed by atoms with E-state index in [-0.39, 0.29) is 23.7 Å². The molecule has 0 radical (unpaired) electrons. The van der Waals surface area contributed by atoms with E-state index in [2.05, 4.69) is 58.6 Å². The molecular formula is C43H67NO4. The summed E-state index contributed by atoms with van der Waals surface area (Å²) in [5.74, 6) is 3.44. The highest BCUT2D eigenvalue weighted by Crippen LogP contribution is 2.77. The maximum absolute atomic E-state index is 10.4. The number of benzene rings is 1. The lowest BCUT2D eigenvalue weighted by atomic mass is 9.32. The van der Waals surface area contributed by atoms with Crippen LogP contribution in [0.4, 0.5) is 0 Å². The SMILES string of the molecule is C=C(CO)[C@@H]1CC[C@]2(COC3CCCCO3)CC[C@]3(C)[C@H](CC[C@@H]4[C@@]5(C)CCC(NCCc6ccc(O)cc6)C(C)(C)[C@@H]5CC[C@]43C)[C@@H]12. The molecule has 1 heterocycles. The molecule has 1 aromatic rings. The van der Waals surface area contributed by atoms with E-state index in [0.717, 1.165) is 62.9 Å². The molecule has 0 spiro atoms. The molecule has 6 aliphatic rings. The van der Waals surface area contributed by atoms with Crippen molar-refractivity contribution < 1.29 is 19.7 Å². The molecule has 5 aliphatic carbocycles. The lowest BCUT2D eigenvalue weighted by Crippen LogP contribution is -2.67. The number of phenols is 1. The maximum Gasteiger partial charge on any atom is 0.157 e. The average molecular weight is 662 g/mol. The number of hydrogen-bond donors (Lipinski definition) is 3. The van der Waals surface area contributed by atoms with Gasteiger partial charge in [-0.25, -0.2) is 0 Å². The number of aromatic hydroxyl groups is 1. The number of nitrogens with one attached hydrogen (secondary N) is 1. The molecule has 268 valence electrons. The fraction of sp³-hybridized carbons (Fsp3) is 0.814. The average Bonchev–Trinajstić information content (AvgIpc) is 3.46. The predicted molar refractivity (Wildman–Crippen MR) is 194 cm³/mol. The minimum atomic E-state index is -0.0357. The van der Waals surface area contributed by atoms with Crippen molar-refractivity contribution in [2.75, 3.05) is 26.4 Å². The van der Waals surface area contributed by atoms with E-state index < -0.39 is 0 Å². The van der Waals surface area contributed by atoms with Crippen molar-refractivity contribution in [1.29, 1.82) is 0 Å². The molecule has 5 nitrogen and oxygen atoms in total. The molecular weight excluding hydrogens is 594 g/mol. The Labute approximate surface area is 292 Å². The van der Waals surface area contributed by atoms with E-state index in [1.54, 1.807) is 0 Å². The summed E-state index contributed by atoms with van der Waals surface area (Å²) in [5, 5.41) is 24.1. The van der Waals surface area contributed by atoms with Crippen LogP contribution in [-0.4, -0.2) is 48.9 Å². The molecule has 5 saturated carbocycles. The van der Waals surface area contributed by atoms with Crippen molar-refractivity contribution in [3.63, 3.8) is 0 Å². The lowest BCUT2D eigenvalue weighted by molar-refractivity contribution is -0.250. The molecule has 48 heavy (non-hydrogen) atoms. The van der Waals surface area contributed by atoms with Crippen molar-refractivity contribution in [3.05, 3.63) is 42.0 Å². The number of fused-ring (bicyclic) bond motifs is 7. The number of ether oxygens (including phenoxy) is 2. The first-order chi connectivity index (χ1) is 22.9. The summed E-state index contributed by atoms with van der Waals surface area (Å²) in [4.78, 5) is 0. The molecule has 0 bridgehead atoms. The molecule has 0 aromatic heterocycles. The zero-order valence-electron chi connectivity index (χ0n) is 31.0. The van der Waals surface area contributed by atoms with Gasteiger partial charge in [0.15, 0.2) is 6.29 Å². The van der Waals surface area contributed by atoms with Gasteiger partial charge in [0.2, 0.25) is 0 Å². The molecule has 1 saturated heterocycles. The molecule has 1 aliphatic heterocycles. The highest BCUT2D eigenvalue weighted by atomic mass is 16.7. The summed E-state index contributed by atoms with van der Waals surface area (Å²) in [6.07, 6.45) is 17.2. The Morgan fingerprint density at radius 3 is 2.40 bits per heavy atom. The van der Waals surface area contributed by atoms with Gasteiger partial charge in [0, 0.05) is 12.6 Å². The summed E-state index contributed by atoms with van der Waals surface area (Å²) in [6, 6.07) is 8.26. The maximum atomic E-state index is 10.4. The van der Waals surface area contributed by atoms with Crippen LogP contribution in [0, 0.1) is 56.7 Å². The van der Waals surface area contributed by atoms with Gasteiger partial charge < -0.3 is 25.0 Å². The van der Waals surface area contributed by atoms with Crippen LogP contribution in [-0.2, 0) is 15.9 Å². The van der Waals surface area contributed by atoms with Crippen molar-refractivity contribution >= 4 is 0 Å². The van der Waals surface area contributed by atoms with Crippen molar-refractivity contribution in [2.24, 2.45) is 56.7 Å². The minimum absolute atomic E-state index is 0.0357. The second kappa shape index (κ2) is 13.0. The number of phenolic OH excluding ortho intramolecular Hbond substituents is 1. The molecule has 3 N–H and O–H groups in total. The molecule has 5 heteroatoms. The third-order valence-corrected chi connectivity index (χ3v) is 16.8. The Morgan fingerprint density at radius 2 is 1.67 bits per heavy atom. The molecule has 7 rings (SSSR count). The smallest absolute Gasteiger partial charge is 0.157 e. The van der Waals surface area contributed by atoms with Gasteiger partial charge in [-0.2, -0.15) is 0 Å². The van der Waals surface area contributed by atoms with Crippen LogP contribution in [0.5, 0.6) is 5.75 Å². The molecule has 0 amide bonds. The summed E-state index contributed by atoms with van der Waals surface area (Å²) in [5.41, 5.74) is 3.76. The second-order valence-corrected chi connectivity index (χ2v) is 18.9. The van der Waals surface area contributed by atoms with Crippen LogP contribution < -0.4 is 5.32 Å². The summed E-state index contributed by atoms with van der Waals surface area (Å²) >= 11 is 0. The number of aliphatic hydroxyl groups is 1. The van der Waals surface area contributed by atoms with E-state index in [1.165, 1.54) is 69.8 Å². The molecule has 1 aromatic carbocycles. The van der Waals surface area contributed by atoms with Crippen molar-refractivity contribution in [1.82, 2.24) is 5.32 Å². The zero-order valence-corrected chi connectivity index (χ0v) is 31.0. The third kappa shape index (κ3) is 5.55.